The summed E-state index contributed by atoms with van der Waals surface area (Å²) in [6, 6.07) is 8.78. The molecule has 3 aromatic carbocycles. The maximum atomic E-state index is 15.1. The Labute approximate surface area is 218 Å². The molecule has 0 aromatic heterocycles. The van der Waals surface area contributed by atoms with Crippen molar-refractivity contribution in [2.45, 2.75) is 30.9 Å². The maximum Gasteiger partial charge on any atom is 0.250 e. The van der Waals surface area contributed by atoms with Gasteiger partial charge in [0.15, 0.2) is 17.5 Å². The summed E-state index contributed by atoms with van der Waals surface area (Å²) in [5, 5.41) is 2.37. The number of nitrogens with two attached hydrogens (primary N) is 1. The lowest BCUT2D eigenvalue weighted by atomic mass is 9.99. The van der Waals surface area contributed by atoms with Crippen molar-refractivity contribution in [1.29, 1.82) is 0 Å². The molecule has 1 aliphatic rings. The van der Waals surface area contributed by atoms with Gasteiger partial charge in [0.25, 0.3) is 5.91 Å². The standard InChI is InChI=1S/C24H20F4IN3O3S/c1-24(7-8-24)36(34,35)32-18-4-2-3-12(19(18)26)9-13-10-15(23(30)33)22(21(28)20(13)27)31-17-6-5-14(29)11-16(17)25/h2-6,10-11,31-32H,7-9H2,1H3,(H2,30,33). The van der Waals surface area contributed by atoms with Crippen molar-refractivity contribution in [3.05, 3.63) is 86.0 Å². The van der Waals surface area contributed by atoms with E-state index < -0.39 is 67.2 Å². The second-order valence-corrected chi connectivity index (χ2v) is 12.2. The van der Waals surface area contributed by atoms with Gasteiger partial charge in [-0.05, 0) is 83.8 Å². The number of nitrogens with one attached hydrogen (secondary N) is 2. The maximum absolute atomic E-state index is 15.1. The number of amides is 1. The molecule has 1 fully saturated rings. The van der Waals surface area contributed by atoms with E-state index in [1.165, 1.54) is 37.3 Å². The van der Waals surface area contributed by atoms with Crippen molar-refractivity contribution >= 4 is 55.6 Å². The summed E-state index contributed by atoms with van der Waals surface area (Å²) in [4.78, 5) is 12.0. The van der Waals surface area contributed by atoms with Gasteiger partial charge in [-0.1, -0.05) is 12.1 Å². The van der Waals surface area contributed by atoms with Crippen LogP contribution in [0.25, 0.3) is 0 Å². The summed E-state index contributed by atoms with van der Waals surface area (Å²) >= 11 is 1.87. The van der Waals surface area contributed by atoms with E-state index in [0.29, 0.717) is 16.4 Å². The molecule has 0 bridgehead atoms. The smallest absolute Gasteiger partial charge is 0.250 e. The zero-order valence-corrected chi connectivity index (χ0v) is 21.7. The van der Waals surface area contributed by atoms with Crippen molar-refractivity contribution in [3.8, 4) is 0 Å². The Morgan fingerprint density at radius 2 is 1.69 bits per heavy atom. The molecule has 6 nitrogen and oxygen atoms in total. The highest BCUT2D eigenvalue weighted by atomic mass is 127. The number of sulfonamides is 1. The van der Waals surface area contributed by atoms with Gasteiger partial charge in [-0.3, -0.25) is 9.52 Å². The second-order valence-electron chi connectivity index (χ2n) is 8.71. The van der Waals surface area contributed by atoms with E-state index in [9.17, 15) is 17.6 Å². The van der Waals surface area contributed by atoms with Crippen LogP contribution in [0.1, 0.15) is 41.3 Å². The summed E-state index contributed by atoms with van der Waals surface area (Å²) in [6.45, 7) is 1.54. The normalized spacial score (nSPS) is 14.4. The molecule has 0 unspecified atom stereocenters. The van der Waals surface area contributed by atoms with Crippen LogP contribution in [0.3, 0.4) is 0 Å². The lowest BCUT2D eigenvalue weighted by molar-refractivity contribution is 0.100. The lowest BCUT2D eigenvalue weighted by Crippen LogP contribution is -2.27. The van der Waals surface area contributed by atoms with Crippen molar-refractivity contribution in [3.63, 3.8) is 0 Å². The van der Waals surface area contributed by atoms with Gasteiger partial charge < -0.3 is 11.1 Å². The predicted octanol–water partition coefficient (Wildman–Crippen LogP) is 5.58. The molecular formula is C24H20F4IN3O3S. The fourth-order valence-electron chi connectivity index (χ4n) is 3.56. The summed E-state index contributed by atoms with van der Waals surface area (Å²) < 4.78 is 86.3. The van der Waals surface area contributed by atoms with Crippen molar-refractivity contribution in [2.24, 2.45) is 5.73 Å². The predicted molar refractivity (Wildman–Crippen MR) is 137 cm³/mol. The van der Waals surface area contributed by atoms with E-state index in [0.717, 1.165) is 12.1 Å². The number of rotatable bonds is 8. The van der Waals surface area contributed by atoms with Crippen LogP contribution >= 0.6 is 22.6 Å². The van der Waals surface area contributed by atoms with Crippen molar-refractivity contribution in [1.82, 2.24) is 0 Å². The molecule has 0 radical (unpaired) electrons. The third-order valence-corrected chi connectivity index (χ3v) is 8.91. The number of benzene rings is 3. The average molecular weight is 633 g/mol. The van der Waals surface area contributed by atoms with E-state index in [1.54, 1.807) is 0 Å². The number of primary amides is 1. The van der Waals surface area contributed by atoms with Gasteiger partial charge >= 0.3 is 0 Å². The van der Waals surface area contributed by atoms with Gasteiger partial charge in [0.1, 0.15) is 5.82 Å². The first kappa shape index (κ1) is 26.2. The van der Waals surface area contributed by atoms with E-state index in [2.05, 4.69) is 10.0 Å². The Kier molecular flexibility index (Phi) is 6.94. The molecule has 0 aliphatic heterocycles. The van der Waals surface area contributed by atoms with Gasteiger partial charge in [0, 0.05) is 9.99 Å². The molecule has 3 aromatic rings. The fourth-order valence-corrected chi connectivity index (χ4v) is 5.35. The minimum absolute atomic E-state index is 0.144. The van der Waals surface area contributed by atoms with Gasteiger partial charge in [-0.2, -0.15) is 0 Å². The SMILES string of the molecule is CC1(S(=O)(=O)Nc2cccc(Cc3cc(C(N)=O)c(Nc4ccc(I)cc4F)c(F)c3F)c2F)CC1. The zero-order valence-electron chi connectivity index (χ0n) is 18.8. The van der Waals surface area contributed by atoms with E-state index >= 15 is 13.2 Å². The molecule has 12 heteroatoms. The van der Waals surface area contributed by atoms with Crippen LogP contribution in [0.4, 0.5) is 34.6 Å². The van der Waals surface area contributed by atoms with Gasteiger partial charge in [0.05, 0.1) is 27.4 Å². The van der Waals surface area contributed by atoms with Crippen molar-refractivity contribution < 1.29 is 30.8 Å². The van der Waals surface area contributed by atoms with Crippen molar-refractivity contribution in [2.75, 3.05) is 10.0 Å². The molecule has 1 saturated carbocycles. The van der Waals surface area contributed by atoms with E-state index in [1.807, 2.05) is 22.6 Å². The average Bonchev–Trinajstić information content (AvgIpc) is 3.56. The number of halogens is 5. The molecule has 0 atom stereocenters. The third-order valence-electron chi connectivity index (χ3n) is 6.05. The first-order valence-electron chi connectivity index (χ1n) is 10.7. The Balaban J connectivity index is 1.70. The minimum atomic E-state index is -3.85. The molecule has 1 amide bonds. The second kappa shape index (κ2) is 9.54. The lowest BCUT2D eigenvalue weighted by Gasteiger charge is -2.17. The summed E-state index contributed by atoms with van der Waals surface area (Å²) in [5.74, 6) is -5.75. The van der Waals surface area contributed by atoms with Gasteiger partial charge in [0.2, 0.25) is 10.0 Å². The number of hydrogen-bond acceptors (Lipinski definition) is 4. The largest absolute Gasteiger partial charge is 0.366 e. The van der Waals surface area contributed by atoms with Crippen LogP contribution in [0, 0.1) is 26.8 Å². The summed E-state index contributed by atoms with van der Waals surface area (Å²) in [7, 11) is -3.85. The van der Waals surface area contributed by atoms with Crippen LogP contribution in [-0.2, 0) is 16.4 Å². The van der Waals surface area contributed by atoms with Gasteiger partial charge in [-0.25, -0.2) is 26.0 Å². The highest BCUT2D eigenvalue weighted by molar-refractivity contribution is 14.1. The Bertz CT molecular complexity index is 1490. The number of anilines is 3. The topological polar surface area (TPSA) is 101 Å². The number of carbonyl (C=O) groups excluding carboxylic acids is 1. The summed E-state index contributed by atoms with van der Waals surface area (Å²) in [6.07, 6.45) is 0.368. The first-order chi connectivity index (χ1) is 16.8. The van der Waals surface area contributed by atoms with E-state index in [4.69, 9.17) is 5.73 Å². The molecule has 0 heterocycles. The Morgan fingerprint density at radius 1 is 1.00 bits per heavy atom. The highest BCUT2D eigenvalue weighted by Crippen LogP contribution is 2.43. The monoisotopic (exact) mass is 633 g/mol. The molecule has 0 spiro atoms. The van der Waals surface area contributed by atoms with Crippen LogP contribution in [0.2, 0.25) is 0 Å². The van der Waals surface area contributed by atoms with Gasteiger partial charge in [-0.15, -0.1) is 0 Å². The number of hydrogen-bond donors (Lipinski definition) is 3. The first-order valence-corrected chi connectivity index (χ1v) is 13.2. The highest BCUT2D eigenvalue weighted by Gasteiger charge is 2.50. The van der Waals surface area contributed by atoms with Crippen LogP contribution < -0.4 is 15.8 Å². The quantitative estimate of drug-likeness (QED) is 0.223. The third kappa shape index (κ3) is 5.01. The molecule has 1 aliphatic carbocycles. The molecule has 4 rings (SSSR count). The zero-order chi connectivity index (χ0) is 26.4. The Hall–Kier alpha value is -2.87. The molecule has 36 heavy (non-hydrogen) atoms. The minimum Gasteiger partial charge on any atom is -0.366 e. The fraction of sp³-hybridized carbons (Fsp3) is 0.208. The van der Waals surface area contributed by atoms with E-state index in [-0.39, 0.29) is 16.9 Å². The summed E-state index contributed by atoms with van der Waals surface area (Å²) in [5.41, 5.74) is 3.15. The van der Waals surface area contributed by atoms with Crippen LogP contribution in [-0.4, -0.2) is 19.1 Å². The molecule has 4 N–H and O–H groups in total. The molecule has 190 valence electrons. The van der Waals surface area contributed by atoms with Crippen LogP contribution in [0.15, 0.2) is 42.5 Å². The Morgan fingerprint density at radius 3 is 2.31 bits per heavy atom. The molecular weight excluding hydrogens is 613 g/mol. The molecule has 0 saturated heterocycles. The van der Waals surface area contributed by atoms with Crippen LogP contribution in [0.5, 0.6) is 0 Å². The number of carbonyl (C=O) groups is 1.